The van der Waals surface area contributed by atoms with Gasteiger partial charge in [0.25, 0.3) is 0 Å². The second-order valence-electron chi connectivity index (χ2n) is 2.89. The number of hydrogen-bond acceptors (Lipinski definition) is 3. The molecule has 0 spiro atoms. The third-order valence-corrected chi connectivity index (χ3v) is 2.24. The zero-order chi connectivity index (χ0) is 8.01. The highest BCUT2D eigenvalue weighted by Crippen LogP contribution is 2.32. The normalized spacial score (nSPS) is 46.6. The van der Waals surface area contributed by atoms with E-state index in [1.807, 2.05) is 6.08 Å². The number of ether oxygens (including phenoxy) is 1. The molecule has 0 aromatic rings. The van der Waals surface area contributed by atoms with Crippen LogP contribution in [0.25, 0.3) is 0 Å². The van der Waals surface area contributed by atoms with Crippen LogP contribution in [0.5, 0.6) is 0 Å². The van der Waals surface area contributed by atoms with Gasteiger partial charge in [0.2, 0.25) is 0 Å². The van der Waals surface area contributed by atoms with Gasteiger partial charge >= 0.3 is 5.97 Å². The van der Waals surface area contributed by atoms with E-state index in [0.717, 1.165) is 0 Å². The van der Waals surface area contributed by atoms with E-state index in [0.29, 0.717) is 0 Å². The molecule has 2 bridgehead atoms. The second-order valence-corrected chi connectivity index (χ2v) is 2.89. The number of rotatable bonds is 1. The van der Waals surface area contributed by atoms with Crippen LogP contribution in [-0.4, -0.2) is 29.3 Å². The molecule has 60 valence electrons. The summed E-state index contributed by atoms with van der Waals surface area (Å²) in [6.45, 7) is 0. The summed E-state index contributed by atoms with van der Waals surface area (Å²) >= 11 is 0. The van der Waals surface area contributed by atoms with Crippen LogP contribution >= 0.6 is 0 Å². The number of fused-ring (bicyclic) bond motifs is 2. The SMILES string of the molecule is N[C@@H]1[C@H](C(=O)O)[C@H]2C=C[C@H]1O2. The molecular weight excluding hydrogens is 146 g/mol. The van der Waals surface area contributed by atoms with Crippen molar-refractivity contribution in [1.29, 1.82) is 0 Å². The minimum Gasteiger partial charge on any atom is -0.481 e. The van der Waals surface area contributed by atoms with E-state index in [4.69, 9.17) is 15.6 Å². The van der Waals surface area contributed by atoms with Crippen molar-refractivity contribution in [2.24, 2.45) is 11.7 Å². The predicted molar refractivity (Wildman–Crippen MR) is 36.9 cm³/mol. The van der Waals surface area contributed by atoms with E-state index in [1.54, 1.807) is 6.08 Å². The first-order valence-electron chi connectivity index (χ1n) is 3.52. The molecule has 0 aromatic carbocycles. The largest absolute Gasteiger partial charge is 0.481 e. The number of carboxylic acid groups (broad SMARTS) is 1. The molecule has 4 nitrogen and oxygen atoms in total. The van der Waals surface area contributed by atoms with Crippen LogP contribution in [-0.2, 0) is 9.53 Å². The zero-order valence-electron chi connectivity index (χ0n) is 5.81. The lowest BCUT2D eigenvalue weighted by Gasteiger charge is -2.16. The Hall–Kier alpha value is -0.870. The lowest BCUT2D eigenvalue weighted by molar-refractivity contribution is -0.143. The highest BCUT2D eigenvalue weighted by atomic mass is 16.5. The van der Waals surface area contributed by atoms with Gasteiger partial charge in [-0.05, 0) is 0 Å². The van der Waals surface area contributed by atoms with Crippen LogP contribution in [0.3, 0.4) is 0 Å². The van der Waals surface area contributed by atoms with Crippen LogP contribution in [0.1, 0.15) is 0 Å². The highest BCUT2D eigenvalue weighted by Gasteiger charge is 2.47. The van der Waals surface area contributed by atoms with Crippen molar-refractivity contribution in [2.45, 2.75) is 18.2 Å². The van der Waals surface area contributed by atoms with Crippen LogP contribution in [0.2, 0.25) is 0 Å². The van der Waals surface area contributed by atoms with E-state index in [9.17, 15) is 4.79 Å². The molecule has 2 aliphatic heterocycles. The Bertz CT molecular complexity index is 226. The van der Waals surface area contributed by atoms with Gasteiger partial charge in [0.15, 0.2) is 0 Å². The molecule has 2 aliphatic rings. The number of hydrogen-bond donors (Lipinski definition) is 2. The van der Waals surface area contributed by atoms with Crippen molar-refractivity contribution in [3.63, 3.8) is 0 Å². The van der Waals surface area contributed by atoms with E-state index in [2.05, 4.69) is 0 Å². The fraction of sp³-hybridized carbons (Fsp3) is 0.571. The van der Waals surface area contributed by atoms with E-state index in [-0.39, 0.29) is 18.2 Å². The summed E-state index contributed by atoms with van der Waals surface area (Å²) in [5, 5.41) is 8.71. The number of carbonyl (C=O) groups is 1. The Labute approximate surface area is 63.6 Å². The summed E-state index contributed by atoms with van der Waals surface area (Å²) in [6, 6.07) is -0.373. The van der Waals surface area contributed by atoms with Crippen LogP contribution in [0, 0.1) is 5.92 Å². The molecule has 4 heteroatoms. The van der Waals surface area contributed by atoms with Crippen molar-refractivity contribution in [3.8, 4) is 0 Å². The lowest BCUT2D eigenvalue weighted by Crippen LogP contribution is -2.41. The molecule has 11 heavy (non-hydrogen) atoms. The molecule has 4 atom stereocenters. The summed E-state index contributed by atoms with van der Waals surface area (Å²) in [7, 11) is 0. The zero-order valence-corrected chi connectivity index (χ0v) is 5.81. The Morgan fingerprint density at radius 3 is 2.45 bits per heavy atom. The van der Waals surface area contributed by atoms with Gasteiger partial charge in [0.1, 0.15) is 5.92 Å². The molecular formula is C7H9NO3. The first-order chi connectivity index (χ1) is 5.20. The smallest absolute Gasteiger partial charge is 0.311 e. The molecule has 3 N–H and O–H groups in total. The molecule has 0 aromatic heterocycles. The van der Waals surface area contributed by atoms with Crippen molar-refractivity contribution in [1.82, 2.24) is 0 Å². The average Bonchev–Trinajstić information content (AvgIpc) is 2.44. The standard InChI is InChI=1S/C7H9NO3/c8-6-4-2-1-3(11-4)5(6)7(9)10/h1-6H,8H2,(H,9,10)/t3-,4-,5-,6+/m1/s1. The molecule has 0 saturated carbocycles. The van der Waals surface area contributed by atoms with Crippen molar-refractivity contribution < 1.29 is 14.6 Å². The lowest BCUT2D eigenvalue weighted by atomic mass is 9.90. The van der Waals surface area contributed by atoms with Gasteiger partial charge < -0.3 is 15.6 Å². The molecule has 0 unspecified atom stereocenters. The Morgan fingerprint density at radius 2 is 2.09 bits per heavy atom. The molecule has 0 aliphatic carbocycles. The fourth-order valence-corrected chi connectivity index (χ4v) is 1.64. The third-order valence-electron chi connectivity index (χ3n) is 2.24. The topological polar surface area (TPSA) is 72.6 Å². The molecule has 2 rings (SSSR count). The summed E-state index contributed by atoms with van der Waals surface area (Å²) < 4.78 is 5.24. The average molecular weight is 155 g/mol. The Balaban J connectivity index is 2.25. The van der Waals surface area contributed by atoms with E-state index >= 15 is 0 Å². The van der Waals surface area contributed by atoms with E-state index in [1.165, 1.54) is 0 Å². The maximum absolute atomic E-state index is 10.6. The van der Waals surface area contributed by atoms with Gasteiger partial charge in [0, 0.05) is 0 Å². The van der Waals surface area contributed by atoms with Crippen molar-refractivity contribution in [2.75, 3.05) is 0 Å². The van der Waals surface area contributed by atoms with Gasteiger partial charge in [-0.15, -0.1) is 0 Å². The number of aliphatic carboxylic acids is 1. The molecule has 1 saturated heterocycles. The molecule has 0 amide bonds. The summed E-state index contributed by atoms with van der Waals surface area (Å²) in [4.78, 5) is 10.6. The Morgan fingerprint density at radius 1 is 1.45 bits per heavy atom. The third kappa shape index (κ3) is 0.797. The summed E-state index contributed by atoms with van der Waals surface area (Å²) in [6.07, 6.45) is 3.12. The van der Waals surface area contributed by atoms with Crippen LogP contribution < -0.4 is 5.73 Å². The Kier molecular flexibility index (Phi) is 1.27. The molecule has 2 heterocycles. The second kappa shape index (κ2) is 2.06. The predicted octanol–water partition coefficient (Wildman–Crippen LogP) is -0.648. The maximum atomic E-state index is 10.6. The highest BCUT2D eigenvalue weighted by molar-refractivity contribution is 5.73. The van der Waals surface area contributed by atoms with Crippen LogP contribution in [0.4, 0.5) is 0 Å². The minimum atomic E-state index is -0.866. The van der Waals surface area contributed by atoms with E-state index < -0.39 is 11.9 Å². The van der Waals surface area contributed by atoms with Crippen molar-refractivity contribution >= 4 is 5.97 Å². The summed E-state index contributed by atoms with van der Waals surface area (Å²) in [5.74, 6) is -1.42. The first kappa shape index (κ1) is 6.82. The number of carboxylic acids is 1. The van der Waals surface area contributed by atoms with Gasteiger partial charge in [0.05, 0.1) is 18.2 Å². The van der Waals surface area contributed by atoms with Gasteiger partial charge in [-0.2, -0.15) is 0 Å². The fourth-order valence-electron chi connectivity index (χ4n) is 1.64. The molecule has 1 fully saturated rings. The van der Waals surface area contributed by atoms with Gasteiger partial charge in [-0.25, -0.2) is 0 Å². The number of nitrogens with two attached hydrogens (primary N) is 1. The van der Waals surface area contributed by atoms with Gasteiger partial charge in [-0.1, -0.05) is 12.2 Å². The van der Waals surface area contributed by atoms with Crippen LogP contribution in [0.15, 0.2) is 12.2 Å². The quantitative estimate of drug-likeness (QED) is 0.493. The minimum absolute atomic E-state index is 0.180. The monoisotopic (exact) mass is 155 g/mol. The first-order valence-corrected chi connectivity index (χ1v) is 3.52. The maximum Gasteiger partial charge on any atom is 0.311 e. The van der Waals surface area contributed by atoms with Gasteiger partial charge in [-0.3, -0.25) is 4.79 Å². The van der Waals surface area contributed by atoms with Crippen molar-refractivity contribution in [3.05, 3.63) is 12.2 Å². The molecule has 0 radical (unpaired) electrons. The summed E-state index contributed by atoms with van der Waals surface area (Å²) in [5.41, 5.74) is 5.61.